The standard InChI is InChI=1S/C26H31N7/c1-33(2)25-21-5-3-4-6-22(21)31-26(32-25)30-20-10-7-18(8-11-20)16-27-17-19-9-12-23-24(15-19)29-14-13-28-23/h3-6,9,12-15,18,20,27H,7-8,10-11,16-17H2,1-2H3,(H,30,31,32)/t18-,20+. The number of fused-ring (bicyclic) bond motifs is 2. The zero-order chi connectivity index (χ0) is 22.6. The Morgan fingerprint density at radius 3 is 2.48 bits per heavy atom. The van der Waals surface area contributed by atoms with Gasteiger partial charge < -0.3 is 15.5 Å². The number of anilines is 2. The molecule has 2 N–H and O–H groups in total. The normalized spacial score (nSPS) is 18.5. The van der Waals surface area contributed by atoms with Gasteiger partial charge in [-0.05, 0) is 68.0 Å². The molecule has 0 spiro atoms. The van der Waals surface area contributed by atoms with E-state index >= 15 is 0 Å². The zero-order valence-corrected chi connectivity index (χ0v) is 19.3. The van der Waals surface area contributed by atoms with Gasteiger partial charge in [-0.3, -0.25) is 9.97 Å². The van der Waals surface area contributed by atoms with Gasteiger partial charge >= 0.3 is 0 Å². The van der Waals surface area contributed by atoms with Crippen LogP contribution in [0.15, 0.2) is 54.9 Å². The second-order valence-corrected chi connectivity index (χ2v) is 9.15. The maximum atomic E-state index is 4.80. The summed E-state index contributed by atoms with van der Waals surface area (Å²) in [6, 6.07) is 14.9. The average Bonchev–Trinajstić information content (AvgIpc) is 2.84. The van der Waals surface area contributed by atoms with Crippen LogP contribution in [0.5, 0.6) is 0 Å². The van der Waals surface area contributed by atoms with E-state index in [0.29, 0.717) is 12.0 Å². The van der Waals surface area contributed by atoms with Crippen molar-refractivity contribution in [2.24, 2.45) is 5.92 Å². The van der Waals surface area contributed by atoms with E-state index in [1.807, 2.05) is 32.3 Å². The van der Waals surface area contributed by atoms with Crippen molar-refractivity contribution >= 4 is 33.7 Å². The number of nitrogens with zero attached hydrogens (tertiary/aromatic N) is 5. The molecule has 0 saturated heterocycles. The first-order chi connectivity index (χ1) is 16.2. The number of hydrogen-bond acceptors (Lipinski definition) is 7. The Morgan fingerprint density at radius 1 is 0.879 bits per heavy atom. The van der Waals surface area contributed by atoms with Gasteiger partial charge in [-0.15, -0.1) is 0 Å². The maximum absolute atomic E-state index is 4.80. The zero-order valence-electron chi connectivity index (χ0n) is 19.3. The molecular weight excluding hydrogens is 410 g/mol. The van der Waals surface area contributed by atoms with Gasteiger partial charge in [0.2, 0.25) is 5.95 Å². The summed E-state index contributed by atoms with van der Waals surface area (Å²) in [6.45, 7) is 1.91. The van der Waals surface area contributed by atoms with Gasteiger partial charge in [0.05, 0.1) is 16.6 Å². The van der Waals surface area contributed by atoms with E-state index in [0.717, 1.165) is 59.6 Å². The number of aromatic nitrogens is 4. The Bertz CT molecular complexity index is 1230. The molecule has 2 aromatic carbocycles. The minimum absolute atomic E-state index is 0.427. The number of benzene rings is 2. The molecule has 5 rings (SSSR count). The molecule has 0 unspecified atom stereocenters. The van der Waals surface area contributed by atoms with Crippen LogP contribution in [0.1, 0.15) is 31.2 Å². The SMILES string of the molecule is CN(C)c1nc(N[C@H]2CC[C@@H](CNCc3ccc4nccnc4c3)CC2)nc2ccccc12. The van der Waals surface area contributed by atoms with Crippen LogP contribution < -0.4 is 15.5 Å². The lowest BCUT2D eigenvalue weighted by Crippen LogP contribution is -2.31. The molecule has 4 aromatic rings. The van der Waals surface area contributed by atoms with Crippen molar-refractivity contribution in [2.75, 3.05) is 30.9 Å². The molecule has 2 aromatic heterocycles. The summed E-state index contributed by atoms with van der Waals surface area (Å²) < 4.78 is 0. The number of rotatable bonds is 7. The fraction of sp³-hybridized carbons (Fsp3) is 0.385. The first-order valence-corrected chi connectivity index (χ1v) is 11.8. The van der Waals surface area contributed by atoms with Crippen molar-refractivity contribution in [1.29, 1.82) is 0 Å². The summed E-state index contributed by atoms with van der Waals surface area (Å²) in [6.07, 6.45) is 8.19. The second kappa shape index (κ2) is 9.67. The molecular formula is C26H31N7. The lowest BCUT2D eigenvalue weighted by atomic mass is 9.86. The maximum Gasteiger partial charge on any atom is 0.225 e. The van der Waals surface area contributed by atoms with Gasteiger partial charge in [-0.2, -0.15) is 4.98 Å². The monoisotopic (exact) mass is 441 g/mol. The fourth-order valence-corrected chi connectivity index (χ4v) is 4.70. The van der Waals surface area contributed by atoms with E-state index in [4.69, 9.17) is 9.97 Å². The van der Waals surface area contributed by atoms with Crippen LogP contribution in [-0.2, 0) is 6.54 Å². The highest BCUT2D eigenvalue weighted by atomic mass is 15.2. The largest absolute Gasteiger partial charge is 0.362 e. The van der Waals surface area contributed by atoms with Gasteiger partial charge in [-0.25, -0.2) is 4.98 Å². The molecule has 0 radical (unpaired) electrons. The summed E-state index contributed by atoms with van der Waals surface area (Å²) in [7, 11) is 4.06. The third-order valence-corrected chi connectivity index (χ3v) is 6.48. The molecule has 0 atom stereocenters. The van der Waals surface area contributed by atoms with Crippen LogP contribution in [0.3, 0.4) is 0 Å². The Labute approximate surface area is 194 Å². The molecule has 1 fully saturated rings. The summed E-state index contributed by atoms with van der Waals surface area (Å²) in [4.78, 5) is 20.4. The van der Waals surface area contributed by atoms with Gasteiger partial charge in [-0.1, -0.05) is 18.2 Å². The van der Waals surface area contributed by atoms with E-state index in [-0.39, 0.29) is 0 Å². The number of nitrogens with one attached hydrogen (secondary N) is 2. The first-order valence-electron chi connectivity index (χ1n) is 11.8. The van der Waals surface area contributed by atoms with E-state index in [2.05, 4.69) is 49.8 Å². The van der Waals surface area contributed by atoms with Crippen LogP contribution in [0.4, 0.5) is 11.8 Å². The molecule has 170 valence electrons. The number of para-hydroxylation sites is 1. The fourth-order valence-electron chi connectivity index (χ4n) is 4.70. The summed E-state index contributed by atoms with van der Waals surface area (Å²) in [5.74, 6) is 2.40. The second-order valence-electron chi connectivity index (χ2n) is 9.15. The molecule has 1 saturated carbocycles. The highest BCUT2D eigenvalue weighted by Crippen LogP contribution is 2.28. The molecule has 33 heavy (non-hydrogen) atoms. The average molecular weight is 442 g/mol. The van der Waals surface area contributed by atoms with Crippen molar-refractivity contribution < 1.29 is 0 Å². The van der Waals surface area contributed by atoms with Crippen LogP contribution >= 0.6 is 0 Å². The predicted octanol–water partition coefficient (Wildman–Crippen LogP) is 4.40. The molecule has 7 nitrogen and oxygen atoms in total. The third kappa shape index (κ3) is 5.03. The van der Waals surface area contributed by atoms with Crippen LogP contribution in [0.25, 0.3) is 21.9 Å². The van der Waals surface area contributed by atoms with Gasteiger partial charge in [0, 0.05) is 44.5 Å². The van der Waals surface area contributed by atoms with Gasteiger partial charge in [0.1, 0.15) is 5.82 Å². The highest BCUT2D eigenvalue weighted by Gasteiger charge is 2.22. The quantitative estimate of drug-likeness (QED) is 0.440. The van der Waals surface area contributed by atoms with Crippen molar-refractivity contribution in [2.45, 2.75) is 38.3 Å². The Hall–Kier alpha value is -3.32. The molecule has 7 heteroatoms. The first kappa shape index (κ1) is 21.5. The van der Waals surface area contributed by atoms with E-state index in [1.165, 1.54) is 18.4 Å². The smallest absolute Gasteiger partial charge is 0.225 e. The highest BCUT2D eigenvalue weighted by molar-refractivity contribution is 5.90. The topological polar surface area (TPSA) is 78.9 Å². The minimum Gasteiger partial charge on any atom is -0.362 e. The van der Waals surface area contributed by atoms with Crippen molar-refractivity contribution in [3.8, 4) is 0 Å². The minimum atomic E-state index is 0.427. The summed E-state index contributed by atoms with van der Waals surface area (Å²) in [5.41, 5.74) is 4.14. The molecule has 0 amide bonds. The lowest BCUT2D eigenvalue weighted by Gasteiger charge is -2.29. The van der Waals surface area contributed by atoms with Crippen molar-refractivity contribution in [3.63, 3.8) is 0 Å². The molecule has 1 aliphatic rings. The Balaban J connectivity index is 1.13. The summed E-state index contributed by atoms with van der Waals surface area (Å²) in [5, 5.41) is 8.33. The molecule has 1 aliphatic carbocycles. The van der Waals surface area contributed by atoms with Gasteiger partial charge in [0.15, 0.2) is 0 Å². The van der Waals surface area contributed by atoms with Gasteiger partial charge in [0.25, 0.3) is 0 Å². The Morgan fingerprint density at radius 2 is 1.67 bits per heavy atom. The third-order valence-electron chi connectivity index (χ3n) is 6.48. The van der Waals surface area contributed by atoms with E-state index in [9.17, 15) is 0 Å². The predicted molar refractivity (Wildman–Crippen MR) is 134 cm³/mol. The number of hydrogen-bond donors (Lipinski definition) is 2. The van der Waals surface area contributed by atoms with Crippen LogP contribution in [-0.4, -0.2) is 46.6 Å². The van der Waals surface area contributed by atoms with Crippen molar-refractivity contribution in [1.82, 2.24) is 25.3 Å². The van der Waals surface area contributed by atoms with E-state index < -0.39 is 0 Å². The lowest BCUT2D eigenvalue weighted by molar-refractivity contribution is 0.324. The van der Waals surface area contributed by atoms with Crippen molar-refractivity contribution in [3.05, 3.63) is 60.4 Å². The van der Waals surface area contributed by atoms with Crippen LogP contribution in [0.2, 0.25) is 0 Å². The van der Waals surface area contributed by atoms with Crippen LogP contribution in [0, 0.1) is 5.92 Å². The summed E-state index contributed by atoms with van der Waals surface area (Å²) >= 11 is 0. The van der Waals surface area contributed by atoms with E-state index in [1.54, 1.807) is 12.4 Å². The molecule has 2 heterocycles. The Kier molecular flexibility index (Phi) is 6.30. The molecule has 0 aliphatic heterocycles. The molecule has 0 bridgehead atoms.